The van der Waals surface area contributed by atoms with Gasteiger partial charge in [-0.1, -0.05) is 18.2 Å². The predicted molar refractivity (Wildman–Crippen MR) is 100 cm³/mol. The molecule has 0 aromatic heterocycles. The van der Waals surface area contributed by atoms with Crippen molar-refractivity contribution >= 4 is 17.3 Å². The second kappa shape index (κ2) is 6.65. The van der Waals surface area contributed by atoms with E-state index in [9.17, 15) is 14.4 Å². The van der Waals surface area contributed by atoms with Gasteiger partial charge in [0.05, 0.1) is 25.9 Å². The normalized spacial score (nSPS) is 17.2. The van der Waals surface area contributed by atoms with Crippen LogP contribution >= 0.6 is 0 Å². The molecule has 0 atom stereocenters. The summed E-state index contributed by atoms with van der Waals surface area (Å²) in [6.45, 7) is 4.15. The number of hydrogen-bond donors (Lipinski definition) is 0. The Morgan fingerprint density at radius 1 is 1.04 bits per heavy atom. The van der Waals surface area contributed by atoms with Crippen LogP contribution in [0.4, 0.5) is 0 Å². The van der Waals surface area contributed by atoms with Gasteiger partial charge >= 0.3 is 0 Å². The van der Waals surface area contributed by atoms with Crippen molar-refractivity contribution in [3.63, 3.8) is 0 Å². The van der Waals surface area contributed by atoms with Gasteiger partial charge in [-0.05, 0) is 31.5 Å². The van der Waals surface area contributed by atoms with E-state index in [-0.39, 0.29) is 45.2 Å². The van der Waals surface area contributed by atoms with Crippen LogP contribution in [-0.2, 0) is 15.9 Å². The summed E-state index contributed by atoms with van der Waals surface area (Å²) in [4.78, 5) is 39.0. The lowest BCUT2D eigenvalue weighted by molar-refractivity contribution is -0.140. The highest BCUT2D eigenvalue weighted by Crippen LogP contribution is 2.37. The van der Waals surface area contributed by atoms with E-state index < -0.39 is 5.79 Å². The van der Waals surface area contributed by atoms with Gasteiger partial charge in [0.2, 0.25) is 0 Å². The van der Waals surface area contributed by atoms with Gasteiger partial charge in [0.1, 0.15) is 5.75 Å². The van der Waals surface area contributed by atoms with Crippen molar-refractivity contribution < 1.29 is 28.6 Å². The summed E-state index contributed by atoms with van der Waals surface area (Å²) in [5.74, 6) is -1.47. The van der Waals surface area contributed by atoms with E-state index in [1.807, 2.05) is 0 Å². The molecule has 2 aromatic rings. The number of benzene rings is 2. The molecular formula is C22H20O6. The number of methoxy groups -OCH3 is 1. The van der Waals surface area contributed by atoms with Crippen LogP contribution < -0.4 is 4.74 Å². The first-order valence-electron chi connectivity index (χ1n) is 9.07. The molecule has 4 rings (SSSR count). The molecule has 1 aliphatic heterocycles. The number of carbonyl (C=O) groups excluding carboxylic acids is 3. The Balaban J connectivity index is 1.91. The SMILES string of the molecule is COc1cccc2c1C(=O)c1ccc(CC3(C)OCCO3)c(C(C)=O)c1C2=O. The fourth-order valence-corrected chi connectivity index (χ4v) is 4.02. The third-order valence-corrected chi connectivity index (χ3v) is 5.24. The molecule has 6 nitrogen and oxygen atoms in total. The van der Waals surface area contributed by atoms with E-state index in [0.29, 0.717) is 30.9 Å². The highest BCUT2D eigenvalue weighted by atomic mass is 16.7. The minimum Gasteiger partial charge on any atom is -0.496 e. The predicted octanol–water partition coefficient (Wildman–Crippen LogP) is 2.98. The lowest BCUT2D eigenvalue weighted by Crippen LogP contribution is -2.31. The van der Waals surface area contributed by atoms with Crippen LogP contribution in [0.2, 0.25) is 0 Å². The minimum absolute atomic E-state index is 0.150. The number of carbonyl (C=O) groups is 3. The Labute approximate surface area is 162 Å². The van der Waals surface area contributed by atoms with Gasteiger partial charge in [0.15, 0.2) is 23.1 Å². The monoisotopic (exact) mass is 380 g/mol. The molecule has 0 amide bonds. The number of Topliss-reactive ketones (excluding diaryl/α,β-unsaturated/α-hetero) is 1. The summed E-state index contributed by atoms with van der Waals surface area (Å²) in [7, 11) is 1.45. The van der Waals surface area contributed by atoms with Crippen LogP contribution in [0.25, 0.3) is 0 Å². The smallest absolute Gasteiger partial charge is 0.198 e. The van der Waals surface area contributed by atoms with Crippen LogP contribution in [-0.4, -0.2) is 43.5 Å². The fourth-order valence-electron chi connectivity index (χ4n) is 4.02. The van der Waals surface area contributed by atoms with Crippen molar-refractivity contribution in [2.75, 3.05) is 20.3 Å². The van der Waals surface area contributed by atoms with E-state index >= 15 is 0 Å². The molecule has 0 bridgehead atoms. The van der Waals surface area contributed by atoms with E-state index in [1.165, 1.54) is 14.0 Å². The van der Waals surface area contributed by atoms with Crippen molar-refractivity contribution in [2.45, 2.75) is 26.1 Å². The molecule has 28 heavy (non-hydrogen) atoms. The van der Waals surface area contributed by atoms with Crippen molar-refractivity contribution in [3.8, 4) is 5.75 Å². The largest absolute Gasteiger partial charge is 0.496 e. The molecule has 1 heterocycles. The molecule has 0 radical (unpaired) electrons. The lowest BCUT2D eigenvalue weighted by atomic mass is 9.78. The highest BCUT2D eigenvalue weighted by molar-refractivity contribution is 6.31. The van der Waals surface area contributed by atoms with Crippen LogP contribution in [0.5, 0.6) is 5.75 Å². The summed E-state index contributed by atoms with van der Waals surface area (Å²) in [6, 6.07) is 8.20. The van der Waals surface area contributed by atoms with Gasteiger partial charge in [-0.2, -0.15) is 0 Å². The molecule has 0 N–H and O–H groups in total. The summed E-state index contributed by atoms with van der Waals surface area (Å²) >= 11 is 0. The fraction of sp³-hybridized carbons (Fsp3) is 0.318. The molecule has 6 heteroatoms. The number of rotatable bonds is 4. The standard InChI is InChI=1S/C22H20O6/c1-12(23)17-13(11-22(2)27-9-10-28-22)7-8-15-19(17)21(25)14-5-4-6-16(26-3)18(14)20(15)24/h4-8H,9-11H2,1-3H3. The van der Waals surface area contributed by atoms with Crippen molar-refractivity contribution in [1.29, 1.82) is 0 Å². The topological polar surface area (TPSA) is 78.9 Å². The zero-order valence-electron chi connectivity index (χ0n) is 16.0. The maximum atomic E-state index is 13.3. The van der Waals surface area contributed by atoms with Crippen molar-refractivity contribution in [3.05, 3.63) is 63.7 Å². The Morgan fingerprint density at radius 3 is 2.32 bits per heavy atom. The van der Waals surface area contributed by atoms with E-state index in [0.717, 1.165) is 0 Å². The second-order valence-electron chi connectivity index (χ2n) is 7.13. The zero-order valence-corrected chi connectivity index (χ0v) is 16.0. The Bertz CT molecular complexity index is 1010. The molecule has 1 saturated heterocycles. The van der Waals surface area contributed by atoms with Gasteiger partial charge in [-0.15, -0.1) is 0 Å². The molecule has 2 aliphatic rings. The molecule has 1 aliphatic carbocycles. The summed E-state index contributed by atoms with van der Waals surface area (Å²) in [6.07, 6.45) is 0.307. The van der Waals surface area contributed by atoms with Crippen LogP contribution in [0.15, 0.2) is 30.3 Å². The Morgan fingerprint density at radius 2 is 1.68 bits per heavy atom. The molecule has 0 saturated carbocycles. The average Bonchev–Trinajstić information content (AvgIpc) is 3.10. The third kappa shape index (κ3) is 2.77. The van der Waals surface area contributed by atoms with Gasteiger partial charge < -0.3 is 14.2 Å². The average molecular weight is 380 g/mol. The number of fused-ring (bicyclic) bond motifs is 2. The first kappa shape index (κ1) is 18.5. The van der Waals surface area contributed by atoms with Gasteiger partial charge in [0.25, 0.3) is 0 Å². The maximum absolute atomic E-state index is 13.3. The second-order valence-corrected chi connectivity index (χ2v) is 7.13. The van der Waals surface area contributed by atoms with Crippen LogP contribution in [0, 0.1) is 0 Å². The van der Waals surface area contributed by atoms with Gasteiger partial charge in [-0.25, -0.2) is 0 Å². The summed E-state index contributed by atoms with van der Waals surface area (Å²) in [5, 5.41) is 0. The van der Waals surface area contributed by atoms with Crippen LogP contribution in [0.3, 0.4) is 0 Å². The number of ether oxygens (including phenoxy) is 3. The van der Waals surface area contributed by atoms with Gasteiger partial charge in [0, 0.05) is 28.7 Å². The molecule has 1 fully saturated rings. The first-order chi connectivity index (χ1) is 13.4. The molecule has 144 valence electrons. The van der Waals surface area contributed by atoms with E-state index in [1.54, 1.807) is 37.3 Å². The Kier molecular flexibility index (Phi) is 4.40. The maximum Gasteiger partial charge on any atom is 0.198 e. The van der Waals surface area contributed by atoms with E-state index in [4.69, 9.17) is 14.2 Å². The minimum atomic E-state index is -0.860. The molecule has 2 aromatic carbocycles. The first-order valence-corrected chi connectivity index (χ1v) is 9.07. The van der Waals surface area contributed by atoms with Crippen molar-refractivity contribution in [2.24, 2.45) is 0 Å². The van der Waals surface area contributed by atoms with E-state index in [2.05, 4.69) is 0 Å². The third-order valence-electron chi connectivity index (χ3n) is 5.24. The molecular weight excluding hydrogens is 360 g/mol. The highest BCUT2D eigenvalue weighted by Gasteiger charge is 2.38. The number of ketones is 3. The molecule has 0 spiro atoms. The molecule has 0 unspecified atom stereocenters. The van der Waals surface area contributed by atoms with Gasteiger partial charge in [-0.3, -0.25) is 14.4 Å². The summed E-state index contributed by atoms with van der Waals surface area (Å²) in [5.41, 5.74) is 1.73. The number of hydrogen-bond acceptors (Lipinski definition) is 6. The zero-order chi connectivity index (χ0) is 20.1. The summed E-state index contributed by atoms with van der Waals surface area (Å²) < 4.78 is 16.6. The van der Waals surface area contributed by atoms with Crippen molar-refractivity contribution in [1.82, 2.24) is 0 Å². The van der Waals surface area contributed by atoms with Crippen LogP contribution in [0.1, 0.15) is 61.6 Å². The lowest BCUT2D eigenvalue weighted by Gasteiger charge is -2.26. The Hall–Kier alpha value is -2.83. The quantitative estimate of drug-likeness (QED) is 0.648.